The largest absolute Gasteiger partial charge is 0.467 e. The molecule has 1 amide bonds. The fourth-order valence-electron chi connectivity index (χ4n) is 3.57. The van der Waals surface area contributed by atoms with Gasteiger partial charge in [-0.2, -0.15) is 0 Å². The number of aromatic nitrogens is 1. The van der Waals surface area contributed by atoms with Crippen molar-refractivity contribution in [2.24, 2.45) is 0 Å². The monoisotopic (exact) mass is 412 g/mol. The average molecular weight is 413 g/mol. The van der Waals surface area contributed by atoms with Crippen LogP contribution in [0.4, 0.5) is 5.13 Å². The molecular weight excluding hydrogens is 392 g/mol. The van der Waals surface area contributed by atoms with E-state index in [1.54, 1.807) is 11.2 Å². The quantitative estimate of drug-likeness (QED) is 0.349. The number of benzene rings is 3. The average Bonchev–Trinajstić information content (AvgIpc) is 3.41. The van der Waals surface area contributed by atoms with Crippen LogP contribution in [-0.4, -0.2) is 10.9 Å². The number of rotatable bonds is 5. The number of furan rings is 1. The molecule has 0 fully saturated rings. The normalized spacial score (nSPS) is 11.2. The van der Waals surface area contributed by atoms with E-state index >= 15 is 0 Å². The van der Waals surface area contributed by atoms with Crippen LogP contribution in [0.3, 0.4) is 0 Å². The van der Waals surface area contributed by atoms with Gasteiger partial charge in [0.05, 0.1) is 29.4 Å². The number of nitrogens with zero attached hydrogens (tertiary/aromatic N) is 2. The first-order chi connectivity index (χ1) is 14.7. The fraction of sp³-hybridized carbons (Fsp3) is 0.120. The van der Waals surface area contributed by atoms with E-state index < -0.39 is 0 Å². The smallest absolute Gasteiger partial charge is 0.233 e. The Balaban J connectivity index is 1.48. The Hall–Kier alpha value is -3.44. The standard InChI is InChI=1S/C25H20N2O2S/c1-17-8-11-22-23(13-17)30-25(26-22)27(16-21-7-4-12-29-21)24(28)15-18-9-10-19-5-2-3-6-20(19)14-18/h2-14H,15-16H2,1H3. The molecule has 0 radical (unpaired) electrons. The van der Waals surface area contributed by atoms with E-state index in [-0.39, 0.29) is 5.91 Å². The summed E-state index contributed by atoms with van der Waals surface area (Å²) in [6.45, 7) is 2.42. The summed E-state index contributed by atoms with van der Waals surface area (Å²) in [7, 11) is 0. The van der Waals surface area contributed by atoms with Crippen LogP contribution in [0.1, 0.15) is 16.9 Å². The molecule has 0 saturated heterocycles. The maximum Gasteiger partial charge on any atom is 0.233 e. The highest BCUT2D eigenvalue weighted by atomic mass is 32.1. The third-order valence-corrected chi connectivity index (χ3v) is 6.17. The summed E-state index contributed by atoms with van der Waals surface area (Å²) in [6, 6.07) is 24.2. The van der Waals surface area contributed by atoms with E-state index in [1.165, 1.54) is 22.3 Å². The van der Waals surface area contributed by atoms with Crippen LogP contribution >= 0.6 is 11.3 Å². The van der Waals surface area contributed by atoms with Crippen molar-refractivity contribution in [1.82, 2.24) is 4.98 Å². The highest BCUT2D eigenvalue weighted by Crippen LogP contribution is 2.31. The zero-order valence-electron chi connectivity index (χ0n) is 16.5. The number of hydrogen-bond acceptors (Lipinski definition) is 4. The molecule has 4 nitrogen and oxygen atoms in total. The Bertz CT molecular complexity index is 1340. The Morgan fingerprint density at radius 3 is 2.70 bits per heavy atom. The number of fused-ring (bicyclic) bond motifs is 2. The third-order valence-electron chi connectivity index (χ3n) is 5.13. The first-order valence-corrected chi connectivity index (χ1v) is 10.6. The molecule has 5 rings (SSSR count). The van der Waals surface area contributed by atoms with Gasteiger partial charge in [0, 0.05) is 0 Å². The highest BCUT2D eigenvalue weighted by Gasteiger charge is 2.21. The topological polar surface area (TPSA) is 46.3 Å². The number of thiazole rings is 1. The maximum absolute atomic E-state index is 13.4. The Morgan fingerprint density at radius 2 is 1.87 bits per heavy atom. The second-order valence-electron chi connectivity index (χ2n) is 7.39. The van der Waals surface area contributed by atoms with Gasteiger partial charge in [-0.25, -0.2) is 4.98 Å². The second kappa shape index (κ2) is 7.76. The molecule has 30 heavy (non-hydrogen) atoms. The van der Waals surface area contributed by atoms with Crippen molar-refractivity contribution < 1.29 is 9.21 Å². The van der Waals surface area contributed by atoms with Gasteiger partial charge in [-0.15, -0.1) is 0 Å². The van der Waals surface area contributed by atoms with Gasteiger partial charge in [0.15, 0.2) is 5.13 Å². The summed E-state index contributed by atoms with van der Waals surface area (Å²) >= 11 is 1.54. The fourth-order valence-corrected chi connectivity index (χ4v) is 4.66. The zero-order chi connectivity index (χ0) is 20.5. The molecular formula is C25H20N2O2S. The van der Waals surface area contributed by atoms with Crippen LogP contribution in [0.5, 0.6) is 0 Å². The Kier molecular flexibility index (Phi) is 4.81. The van der Waals surface area contributed by atoms with Gasteiger partial charge < -0.3 is 4.42 Å². The molecule has 0 aliphatic carbocycles. The maximum atomic E-state index is 13.4. The SMILES string of the molecule is Cc1ccc2nc(N(Cc3ccco3)C(=O)Cc3ccc4ccccc4c3)sc2c1. The minimum atomic E-state index is -0.00235. The van der Waals surface area contributed by atoms with Gasteiger partial charge >= 0.3 is 0 Å². The summed E-state index contributed by atoms with van der Waals surface area (Å²) < 4.78 is 6.60. The minimum absolute atomic E-state index is 0.00235. The van der Waals surface area contributed by atoms with Gasteiger partial charge in [0.25, 0.3) is 0 Å². The number of aryl methyl sites for hydroxylation is 1. The van der Waals surface area contributed by atoms with Crippen LogP contribution in [0.25, 0.3) is 21.0 Å². The lowest BCUT2D eigenvalue weighted by molar-refractivity contribution is -0.118. The molecule has 0 unspecified atom stereocenters. The Labute approximate surface area is 178 Å². The van der Waals surface area contributed by atoms with Crippen LogP contribution < -0.4 is 4.90 Å². The molecule has 0 saturated carbocycles. The molecule has 5 aromatic rings. The molecule has 0 aliphatic rings. The molecule has 2 aromatic heterocycles. The van der Waals surface area contributed by atoms with Crippen LogP contribution in [0.15, 0.2) is 83.5 Å². The van der Waals surface area contributed by atoms with Crippen LogP contribution in [0.2, 0.25) is 0 Å². The predicted molar refractivity (Wildman–Crippen MR) is 122 cm³/mol. The number of carbonyl (C=O) groups excluding carboxylic acids is 1. The summed E-state index contributed by atoms with van der Waals surface area (Å²) in [4.78, 5) is 19.8. The van der Waals surface area contributed by atoms with Crippen LogP contribution in [0, 0.1) is 6.92 Å². The van der Waals surface area contributed by atoms with E-state index in [0.717, 1.165) is 26.9 Å². The molecule has 5 heteroatoms. The minimum Gasteiger partial charge on any atom is -0.467 e. The van der Waals surface area contributed by atoms with E-state index in [2.05, 4.69) is 37.3 Å². The molecule has 0 atom stereocenters. The lowest BCUT2D eigenvalue weighted by atomic mass is 10.0. The van der Waals surface area contributed by atoms with Crippen LogP contribution in [-0.2, 0) is 17.8 Å². The van der Waals surface area contributed by atoms with E-state index in [0.29, 0.717) is 18.1 Å². The Morgan fingerprint density at radius 1 is 1.00 bits per heavy atom. The zero-order valence-corrected chi connectivity index (χ0v) is 17.4. The van der Waals surface area contributed by atoms with Crippen molar-refractivity contribution in [3.05, 3.63) is 95.9 Å². The first-order valence-electron chi connectivity index (χ1n) is 9.83. The van der Waals surface area contributed by atoms with Crippen molar-refractivity contribution in [2.45, 2.75) is 19.9 Å². The van der Waals surface area contributed by atoms with Gasteiger partial charge in [-0.05, 0) is 53.1 Å². The molecule has 0 N–H and O–H groups in total. The molecule has 148 valence electrons. The lowest BCUT2D eigenvalue weighted by Crippen LogP contribution is -2.31. The van der Waals surface area contributed by atoms with E-state index in [1.807, 2.05) is 42.5 Å². The molecule has 0 aliphatic heterocycles. The van der Waals surface area contributed by atoms with Crippen molar-refractivity contribution in [1.29, 1.82) is 0 Å². The summed E-state index contributed by atoms with van der Waals surface area (Å²) in [6.07, 6.45) is 1.93. The molecule has 2 heterocycles. The molecule has 0 spiro atoms. The number of amides is 1. The molecule has 3 aromatic carbocycles. The van der Waals surface area contributed by atoms with Gasteiger partial charge in [-0.3, -0.25) is 9.69 Å². The number of carbonyl (C=O) groups is 1. The third kappa shape index (κ3) is 3.72. The lowest BCUT2D eigenvalue weighted by Gasteiger charge is -2.19. The first kappa shape index (κ1) is 18.6. The van der Waals surface area contributed by atoms with Gasteiger partial charge in [0.1, 0.15) is 5.76 Å². The van der Waals surface area contributed by atoms with Crippen molar-refractivity contribution in [3.8, 4) is 0 Å². The predicted octanol–water partition coefficient (Wildman–Crippen LogP) is 6.13. The van der Waals surface area contributed by atoms with Crippen molar-refractivity contribution in [3.63, 3.8) is 0 Å². The van der Waals surface area contributed by atoms with Crippen molar-refractivity contribution in [2.75, 3.05) is 4.90 Å². The second-order valence-corrected chi connectivity index (χ2v) is 8.39. The number of anilines is 1. The van der Waals surface area contributed by atoms with E-state index in [9.17, 15) is 4.79 Å². The highest BCUT2D eigenvalue weighted by molar-refractivity contribution is 7.22. The van der Waals surface area contributed by atoms with E-state index in [4.69, 9.17) is 9.40 Å². The summed E-state index contributed by atoms with van der Waals surface area (Å²) in [5.74, 6) is 0.731. The number of hydrogen-bond donors (Lipinski definition) is 0. The summed E-state index contributed by atoms with van der Waals surface area (Å²) in [5.41, 5.74) is 3.07. The van der Waals surface area contributed by atoms with Gasteiger partial charge in [0.2, 0.25) is 5.91 Å². The van der Waals surface area contributed by atoms with Crippen molar-refractivity contribution >= 4 is 43.4 Å². The molecule has 0 bridgehead atoms. The summed E-state index contributed by atoms with van der Waals surface area (Å²) in [5, 5.41) is 3.00. The van der Waals surface area contributed by atoms with Gasteiger partial charge in [-0.1, -0.05) is 59.9 Å².